The van der Waals surface area contributed by atoms with Gasteiger partial charge in [0, 0.05) is 0 Å². The van der Waals surface area contributed by atoms with Gasteiger partial charge in [-0.05, 0) is 13.8 Å². The lowest BCUT2D eigenvalue weighted by Gasteiger charge is -2.00. The summed E-state index contributed by atoms with van der Waals surface area (Å²) in [5.74, 6) is 0. The van der Waals surface area contributed by atoms with Crippen molar-refractivity contribution in [2.75, 3.05) is 0 Å². The van der Waals surface area contributed by atoms with Gasteiger partial charge >= 0.3 is 0 Å². The van der Waals surface area contributed by atoms with Crippen molar-refractivity contribution >= 4 is 11.3 Å². The molecule has 0 radical (unpaired) electrons. The van der Waals surface area contributed by atoms with Crippen molar-refractivity contribution in [3.63, 3.8) is 0 Å². The summed E-state index contributed by atoms with van der Waals surface area (Å²) in [6.45, 7) is 3.44. The minimum Gasteiger partial charge on any atom is -0.390 e. The summed E-state index contributed by atoms with van der Waals surface area (Å²) in [5, 5.41) is 18.9. The zero-order chi connectivity index (χ0) is 8.43. The van der Waals surface area contributed by atoms with Gasteiger partial charge in [-0.1, -0.05) is 0 Å². The number of nitrogens with zero attached hydrogens (tertiary/aromatic N) is 1. The summed E-state index contributed by atoms with van der Waals surface area (Å²) in [6, 6.07) is 0. The molecule has 2 N–H and O–H groups in total. The molecule has 1 aromatic rings. The first-order valence-corrected chi connectivity index (χ1v) is 4.22. The van der Waals surface area contributed by atoms with Gasteiger partial charge in [-0.2, -0.15) is 0 Å². The molecule has 0 saturated carbocycles. The number of aliphatic hydroxyl groups is 2. The van der Waals surface area contributed by atoms with E-state index in [0.29, 0.717) is 5.69 Å². The molecule has 0 amide bonds. The predicted octanol–water partition coefficient (Wildman–Crippen LogP) is 0.997. The third kappa shape index (κ3) is 1.77. The average Bonchev–Trinajstić information content (AvgIpc) is 2.30. The maximum atomic E-state index is 9.21. The number of aromatic nitrogens is 1. The van der Waals surface area contributed by atoms with Gasteiger partial charge in [0.15, 0.2) is 0 Å². The summed E-state index contributed by atoms with van der Waals surface area (Å²) in [4.78, 5) is 4.83. The summed E-state index contributed by atoms with van der Waals surface area (Å²) >= 11 is 1.43. The molecule has 0 aliphatic heterocycles. The third-order valence-electron chi connectivity index (χ3n) is 1.36. The second-order valence-corrected chi connectivity index (χ2v) is 3.61. The largest absolute Gasteiger partial charge is 0.390 e. The van der Waals surface area contributed by atoms with Crippen LogP contribution in [-0.4, -0.2) is 15.2 Å². The van der Waals surface area contributed by atoms with E-state index in [9.17, 15) is 5.11 Å². The van der Waals surface area contributed by atoms with Crippen LogP contribution < -0.4 is 0 Å². The van der Waals surface area contributed by atoms with E-state index in [0.717, 1.165) is 9.88 Å². The molecular formula is C7H11NO2S. The standard InChI is InChI=1S/C7H11NO2S/c1-4(10)7-6(3-9)8-5(2)11-7/h4,9-10H,3H2,1-2H3. The summed E-state index contributed by atoms with van der Waals surface area (Å²) < 4.78 is 0. The molecule has 0 spiro atoms. The molecule has 0 aromatic carbocycles. The Hall–Kier alpha value is -0.450. The molecule has 3 nitrogen and oxygen atoms in total. The molecule has 0 fully saturated rings. The number of hydrogen-bond donors (Lipinski definition) is 2. The monoisotopic (exact) mass is 173 g/mol. The van der Waals surface area contributed by atoms with Crippen LogP contribution in [0.25, 0.3) is 0 Å². The molecule has 1 heterocycles. The Morgan fingerprint density at radius 3 is 2.64 bits per heavy atom. The minimum atomic E-state index is -0.525. The van der Waals surface area contributed by atoms with E-state index >= 15 is 0 Å². The fourth-order valence-electron chi connectivity index (χ4n) is 0.926. The number of thiazole rings is 1. The highest BCUT2D eigenvalue weighted by Crippen LogP contribution is 2.24. The predicted molar refractivity (Wildman–Crippen MR) is 43.4 cm³/mol. The lowest BCUT2D eigenvalue weighted by atomic mass is 10.3. The van der Waals surface area contributed by atoms with E-state index in [-0.39, 0.29) is 6.61 Å². The maximum Gasteiger partial charge on any atom is 0.0902 e. The van der Waals surface area contributed by atoms with Crippen LogP contribution >= 0.6 is 11.3 Å². The maximum absolute atomic E-state index is 9.21. The summed E-state index contributed by atoms with van der Waals surface area (Å²) in [6.07, 6.45) is -0.525. The molecule has 0 saturated heterocycles. The molecule has 11 heavy (non-hydrogen) atoms. The van der Waals surface area contributed by atoms with Crippen LogP contribution in [0.4, 0.5) is 0 Å². The van der Waals surface area contributed by atoms with E-state index in [1.807, 2.05) is 6.92 Å². The lowest BCUT2D eigenvalue weighted by molar-refractivity contribution is 0.196. The number of aryl methyl sites for hydroxylation is 1. The van der Waals surface area contributed by atoms with E-state index < -0.39 is 6.10 Å². The second kappa shape index (κ2) is 3.30. The molecule has 4 heteroatoms. The van der Waals surface area contributed by atoms with Gasteiger partial charge in [-0.25, -0.2) is 4.98 Å². The van der Waals surface area contributed by atoms with Gasteiger partial charge in [0.2, 0.25) is 0 Å². The van der Waals surface area contributed by atoms with Crippen molar-refractivity contribution in [3.05, 3.63) is 15.6 Å². The van der Waals surface area contributed by atoms with Crippen molar-refractivity contribution in [1.29, 1.82) is 0 Å². The smallest absolute Gasteiger partial charge is 0.0902 e. The van der Waals surface area contributed by atoms with Crippen LogP contribution in [-0.2, 0) is 6.61 Å². The average molecular weight is 173 g/mol. The van der Waals surface area contributed by atoms with E-state index in [1.165, 1.54) is 11.3 Å². The van der Waals surface area contributed by atoms with Crippen molar-refractivity contribution in [1.82, 2.24) is 4.98 Å². The van der Waals surface area contributed by atoms with Crippen LogP contribution in [0.5, 0.6) is 0 Å². The van der Waals surface area contributed by atoms with Gasteiger partial charge in [-0.15, -0.1) is 11.3 Å². The van der Waals surface area contributed by atoms with E-state index in [1.54, 1.807) is 6.92 Å². The first-order valence-electron chi connectivity index (χ1n) is 3.40. The third-order valence-corrected chi connectivity index (χ3v) is 2.55. The molecular weight excluding hydrogens is 162 g/mol. The number of rotatable bonds is 2. The number of hydrogen-bond acceptors (Lipinski definition) is 4. The van der Waals surface area contributed by atoms with Crippen molar-refractivity contribution in [3.8, 4) is 0 Å². The van der Waals surface area contributed by atoms with Gasteiger partial charge in [0.05, 0.1) is 28.3 Å². The van der Waals surface area contributed by atoms with Crippen LogP contribution in [0.1, 0.15) is 28.6 Å². The Kier molecular flexibility index (Phi) is 2.59. The topological polar surface area (TPSA) is 53.4 Å². The highest BCUT2D eigenvalue weighted by atomic mass is 32.1. The second-order valence-electron chi connectivity index (χ2n) is 2.38. The summed E-state index contributed by atoms with van der Waals surface area (Å²) in [5.41, 5.74) is 0.600. The van der Waals surface area contributed by atoms with Crippen LogP contribution in [0.2, 0.25) is 0 Å². The normalized spacial score (nSPS) is 13.5. The molecule has 1 rings (SSSR count). The molecule has 62 valence electrons. The van der Waals surface area contributed by atoms with Crippen LogP contribution in [0.15, 0.2) is 0 Å². The Balaban J connectivity index is 3.02. The Morgan fingerprint density at radius 2 is 2.27 bits per heavy atom. The summed E-state index contributed by atoms with van der Waals surface area (Å²) in [7, 11) is 0. The molecule has 0 bridgehead atoms. The van der Waals surface area contributed by atoms with Gasteiger partial charge in [0.1, 0.15) is 0 Å². The van der Waals surface area contributed by atoms with Gasteiger partial charge in [-0.3, -0.25) is 0 Å². The lowest BCUT2D eigenvalue weighted by Crippen LogP contribution is -1.94. The van der Waals surface area contributed by atoms with E-state index in [4.69, 9.17) is 5.11 Å². The fraction of sp³-hybridized carbons (Fsp3) is 0.571. The fourth-order valence-corrected chi connectivity index (χ4v) is 1.80. The van der Waals surface area contributed by atoms with Crippen molar-refractivity contribution < 1.29 is 10.2 Å². The molecule has 1 unspecified atom stereocenters. The van der Waals surface area contributed by atoms with Gasteiger partial charge < -0.3 is 10.2 Å². The molecule has 0 aliphatic carbocycles. The zero-order valence-electron chi connectivity index (χ0n) is 6.53. The highest BCUT2D eigenvalue weighted by Gasteiger charge is 2.11. The van der Waals surface area contributed by atoms with Crippen LogP contribution in [0.3, 0.4) is 0 Å². The quantitative estimate of drug-likeness (QED) is 0.701. The molecule has 1 aromatic heterocycles. The van der Waals surface area contributed by atoms with Gasteiger partial charge in [0.25, 0.3) is 0 Å². The molecule has 1 atom stereocenters. The first-order chi connectivity index (χ1) is 5.15. The van der Waals surface area contributed by atoms with Crippen molar-refractivity contribution in [2.45, 2.75) is 26.6 Å². The highest BCUT2D eigenvalue weighted by molar-refractivity contribution is 7.11. The Labute approximate surface area is 69.3 Å². The Bertz CT molecular complexity index is 245. The Morgan fingerprint density at radius 1 is 1.64 bits per heavy atom. The van der Waals surface area contributed by atoms with E-state index in [2.05, 4.69) is 4.98 Å². The van der Waals surface area contributed by atoms with Crippen molar-refractivity contribution in [2.24, 2.45) is 0 Å². The SMILES string of the molecule is Cc1nc(CO)c(C(C)O)s1. The minimum absolute atomic E-state index is 0.0927. The van der Waals surface area contributed by atoms with Crippen LogP contribution in [0, 0.1) is 6.92 Å². The zero-order valence-corrected chi connectivity index (χ0v) is 7.35. The first kappa shape index (κ1) is 8.64. The number of aliphatic hydroxyl groups excluding tert-OH is 2. The molecule has 0 aliphatic rings.